The number of ketones is 1. The number of nitrogens with zero attached hydrogens (tertiary/aromatic N) is 5. The van der Waals surface area contributed by atoms with Crippen molar-refractivity contribution in [1.82, 2.24) is 24.6 Å². The highest BCUT2D eigenvalue weighted by atomic mass is 16.5. The normalized spacial score (nSPS) is 15.8. The molecule has 178 valence electrons. The number of aromatic nitrogens is 4. The average molecular weight is 472 g/mol. The van der Waals surface area contributed by atoms with Gasteiger partial charge in [0, 0.05) is 18.7 Å². The SMILES string of the molecule is CC(=O)CC(=O)N1CCC[C@@H](n2nc(-c3ccc(Oc4ccccc4)cc3)c3c(O)ncnc32)C1. The number of Topliss-reactive ketones (excluding diaryl/α,β-unsaturated/α-hetero) is 1. The predicted octanol–water partition coefficient (Wildman–Crippen LogP) is 4.13. The van der Waals surface area contributed by atoms with Crippen LogP contribution in [-0.4, -0.2) is 54.5 Å². The van der Waals surface area contributed by atoms with E-state index in [-0.39, 0.29) is 30.0 Å². The zero-order valence-electron chi connectivity index (χ0n) is 19.3. The Kier molecular flexibility index (Phi) is 6.13. The number of benzene rings is 2. The van der Waals surface area contributed by atoms with Crippen molar-refractivity contribution in [3.63, 3.8) is 0 Å². The molecule has 5 rings (SSSR count). The van der Waals surface area contributed by atoms with Crippen molar-refractivity contribution in [2.45, 2.75) is 32.2 Å². The molecule has 9 nitrogen and oxygen atoms in total. The van der Waals surface area contributed by atoms with Crippen molar-refractivity contribution in [2.24, 2.45) is 0 Å². The summed E-state index contributed by atoms with van der Waals surface area (Å²) in [6.45, 7) is 2.46. The Morgan fingerprint density at radius 2 is 1.80 bits per heavy atom. The van der Waals surface area contributed by atoms with Gasteiger partial charge in [-0.05, 0) is 56.2 Å². The number of aromatic hydroxyl groups is 1. The van der Waals surface area contributed by atoms with Crippen LogP contribution in [0.25, 0.3) is 22.3 Å². The van der Waals surface area contributed by atoms with Crippen LogP contribution < -0.4 is 4.74 Å². The zero-order valence-corrected chi connectivity index (χ0v) is 19.3. The number of rotatable bonds is 6. The third-order valence-corrected chi connectivity index (χ3v) is 6.07. The molecule has 1 aliphatic rings. The molecular formula is C26H25N5O4. The van der Waals surface area contributed by atoms with Gasteiger partial charge < -0.3 is 14.7 Å². The summed E-state index contributed by atoms with van der Waals surface area (Å²) in [5, 5.41) is 15.9. The van der Waals surface area contributed by atoms with Gasteiger partial charge in [-0.3, -0.25) is 9.59 Å². The molecule has 35 heavy (non-hydrogen) atoms. The van der Waals surface area contributed by atoms with Crippen molar-refractivity contribution in [2.75, 3.05) is 13.1 Å². The monoisotopic (exact) mass is 471 g/mol. The van der Waals surface area contributed by atoms with Gasteiger partial charge in [0.05, 0.1) is 12.5 Å². The molecule has 2 aromatic heterocycles. The number of hydrogen-bond acceptors (Lipinski definition) is 7. The van der Waals surface area contributed by atoms with Gasteiger partial charge in [0.15, 0.2) is 5.65 Å². The molecule has 1 N–H and O–H groups in total. The minimum absolute atomic E-state index is 0.0990. The minimum atomic E-state index is -0.176. The van der Waals surface area contributed by atoms with Crippen molar-refractivity contribution in [3.8, 4) is 28.6 Å². The van der Waals surface area contributed by atoms with E-state index in [9.17, 15) is 14.7 Å². The highest BCUT2D eigenvalue weighted by Crippen LogP contribution is 2.36. The number of para-hydroxylation sites is 1. The largest absolute Gasteiger partial charge is 0.493 e. The van der Waals surface area contributed by atoms with Crippen LogP contribution in [0, 0.1) is 0 Å². The second kappa shape index (κ2) is 9.54. The lowest BCUT2D eigenvalue weighted by molar-refractivity contribution is -0.136. The number of ether oxygens (including phenoxy) is 1. The fourth-order valence-corrected chi connectivity index (χ4v) is 4.43. The molecule has 3 heterocycles. The second-order valence-corrected chi connectivity index (χ2v) is 8.64. The smallest absolute Gasteiger partial charge is 0.230 e. The first-order valence-electron chi connectivity index (χ1n) is 11.5. The van der Waals surface area contributed by atoms with Crippen LogP contribution in [-0.2, 0) is 9.59 Å². The number of fused-ring (bicyclic) bond motifs is 1. The Labute approximate surface area is 202 Å². The van der Waals surface area contributed by atoms with Gasteiger partial charge >= 0.3 is 0 Å². The number of likely N-dealkylation sites (tertiary alicyclic amines) is 1. The number of carbonyl (C=O) groups is 2. The summed E-state index contributed by atoms with van der Waals surface area (Å²) in [5.41, 5.74) is 1.83. The van der Waals surface area contributed by atoms with Gasteiger partial charge in [0.1, 0.15) is 34.7 Å². The summed E-state index contributed by atoms with van der Waals surface area (Å²) in [6.07, 6.45) is 2.79. The van der Waals surface area contributed by atoms with E-state index in [0.717, 1.165) is 24.2 Å². The molecule has 1 aliphatic heterocycles. The molecule has 9 heteroatoms. The summed E-state index contributed by atoms with van der Waals surface area (Å²) >= 11 is 0. The first kappa shape index (κ1) is 22.5. The first-order valence-corrected chi connectivity index (χ1v) is 11.5. The highest BCUT2D eigenvalue weighted by Gasteiger charge is 2.29. The van der Waals surface area contributed by atoms with Crippen LogP contribution in [0.15, 0.2) is 60.9 Å². The lowest BCUT2D eigenvalue weighted by atomic mass is 10.1. The van der Waals surface area contributed by atoms with Crippen molar-refractivity contribution < 1.29 is 19.4 Å². The standard InChI is InChI=1S/C26H25N5O4/c1-17(32)14-22(33)30-13-5-6-19(15-30)31-25-23(26(34)28-16-27-25)24(29-31)18-9-11-21(12-10-18)35-20-7-3-2-4-8-20/h2-4,7-12,16,19H,5-6,13-15H2,1H3,(H,27,28,34)/t19-/m1/s1. The second-order valence-electron chi connectivity index (χ2n) is 8.64. The molecule has 1 saturated heterocycles. The summed E-state index contributed by atoms with van der Waals surface area (Å²) in [6, 6.07) is 16.8. The molecule has 4 aromatic rings. The topological polar surface area (TPSA) is 110 Å². The summed E-state index contributed by atoms with van der Waals surface area (Å²) in [5.74, 6) is 0.936. The quantitative estimate of drug-likeness (QED) is 0.421. The Morgan fingerprint density at radius 3 is 2.54 bits per heavy atom. The lowest BCUT2D eigenvalue weighted by Crippen LogP contribution is -2.41. The molecule has 0 radical (unpaired) electrons. The predicted molar refractivity (Wildman–Crippen MR) is 129 cm³/mol. The van der Waals surface area contributed by atoms with E-state index in [1.807, 2.05) is 54.6 Å². The van der Waals surface area contributed by atoms with E-state index in [4.69, 9.17) is 9.84 Å². The molecule has 2 aromatic carbocycles. The van der Waals surface area contributed by atoms with E-state index in [1.165, 1.54) is 13.3 Å². The first-order chi connectivity index (χ1) is 17.0. The molecule has 1 atom stereocenters. The Bertz CT molecular complexity index is 1370. The van der Waals surface area contributed by atoms with Gasteiger partial charge in [-0.25, -0.2) is 14.6 Å². The van der Waals surface area contributed by atoms with E-state index < -0.39 is 0 Å². The van der Waals surface area contributed by atoms with Crippen LogP contribution >= 0.6 is 0 Å². The zero-order chi connectivity index (χ0) is 24.4. The number of hydrogen-bond donors (Lipinski definition) is 1. The fraction of sp³-hybridized carbons (Fsp3) is 0.269. The van der Waals surface area contributed by atoms with Crippen LogP contribution in [0.2, 0.25) is 0 Å². The number of piperidine rings is 1. The van der Waals surface area contributed by atoms with Gasteiger partial charge in [-0.2, -0.15) is 5.10 Å². The summed E-state index contributed by atoms with van der Waals surface area (Å²) in [4.78, 5) is 34.0. The van der Waals surface area contributed by atoms with Crippen LogP contribution in [0.4, 0.5) is 0 Å². The molecule has 0 spiro atoms. The third-order valence-electron chi connectivity index (χ3n) is 6.07. The van der Waals surface area contributed by atoms with Gasteiger partial charge in [0.2, 0.25) is 11.8 Å². The Balaban J connectivity index is 1.46. The molecule has 0 bridgehead atoms. The van der Waals surface area contributed by atoms with E-state index in [2.05, 4.69) is 9.97 Å². The highest BCUT2D eigenvalue weighted by molar-refractivity contribution is 5.97. The van der Waals surface area contributed by atoms with Crippen LogP contribution in [0.1, 0.15) is 32.2 Å². The minimum Gasteiger partial charge on any atom is -0.493 e. The van der Waals surface area contributed by atoms with Crippen LogP contribution in [0.3, 0.4) is 0 Å². The molecule has 1 fully saturated rings. The van der Waals surface area contributed by atoms with Crippen molar-refractivity contribution in [1.29, 1.82) is 0 Å². The van der Waals surface area contributed by atoms with Gasteiger partial charge in [0.25, 0.3) is 0 Å². The molecule has 0 aliphatic carbocycles. The van der Waals surface area contributed by atoms with Crippen molar-refractivity contribution >= 4 is 22.7 Å². The van der Waals surface area contributed by atoms with Gasteiger partial charge in [-0.15, -0.1) is 0 Å². The number of amides is 1. The summed E-state index contributed by atoms with van der Waals surface area (Å²) in [7, 11) is 0. The van der Waals surface area contributed by atoms with Gasteiger partial charge in [-0.1, -0.05) is 18.2 Å². The molecular weight excluding hydrogens is 446 g/mol. The molecule has 0 saturated carbocycles. The maximum Gasteiger partial charge on any atom is 0.230 e. The van der Waals surface area contributed by atoms with Crippen molar-refractivity contribution in [3.05, 3.63) is 60.9 Å². The number of carbonyl (C=O) groups excluding carboxylic acids is 2. The fourth-order valence-electron chi connectivity index (χ4n) is 4.43. The molecule has 1 amide bonds. The van der Waals surface area contributed by atoms with E-state index >= 15 is 0 Å². The summed E-state index contributed by atoms with van der Waals surface area (Å²) < 4.78 is 7.65. The third kappa shape index (κ3) is 4.70. The Morgan fingerprint density at radius 1 is 1.06 bits per heavy atom. The maximum atomic E-state index is 12.5. The van der Waals surface area contributed by atoms with E-state index in [0.29, 0.717) is 35.6 Å². The lowest BCUT2D eigenvalue weighted by Gasteiger charge is -2.32. The Hall–Kier alpha value is -4.27. The average Bonchev–Trinajstić information content (AvgIpc) is 3.26. The molecule has 0 unspecified atom stereocenters. The van der Waals surface area contributed by atoms with Crippen LogP contribution in [0.5, 0.6) is 17.4 Å². The van der Waals surface area contributed by atoms with E-state index in [1.54, 1.807) is 9.58 Å². The maximum absolute atomic E-state index is 12.5.